The maximum atomic E-state index is 12.7. The van der Waals surface area contributed by atoms with Gasteiger partial charge in [0.1, 0.15) is 4.90 Å². The molecule has 6 heteroatoms. The SMILES string of the molecule is Cc1cc(C)cc(N(C)S(=O)(=O)c2cc(N)ccc2Cl)c1. The van der Waals surface area contributed by atoms with Crippen LogP contribution in [0.25, 0.3) is 0 Å². The van der Waals surface area contributed by atoms with Crippen LogP contribution >= 0.6 is 11.6 Å². The van der Waals surface area contributed by atoms with Gasteiger partial charge in [-0.3, -0.25) is 4.31 Å². The van der Waals surface area contributed by atoms with Gasteiger partial charge in [-0.2, -0.15) is 0 Å². The minimum atomic E-state index is -3.76. The van der Waals surface area contributed by atoms with Crippen LogP contribution in [0.15, 0.2) is 41.3 Å². The zero-order valence-electron chi connectivity index (χ0n) is 12.1. The van der Waals surface area contributed by atoms with Gasteiger partial charge in [-0.25, -0.2) is 8.42 Å². The highest BCUT2D eigenvalue weighted by atomic mass is 35.5. The normalized spacial score (nSPS) is 11.4. The summed E-state index contributed by atoms with van der Waals surface area (Å²) in [5.41, 5.74) is 8.59. The lowest BCUT2D eigenvalue weighted by Gasteiger charge is -2.21. The van der Waals surface area contributed by atoms with Crippen LogP contribution < -0.4 is 10.0 Å². The Morgan fingerprint density at radius 2 is 1.62 bits per heavy atom. The van der Waals surface area contributed by atoms with Crippen molar-refractivity contribution >= 4 is 33.0 Å². The average Bonchev–Trinajstić information content (AvgIpc) is 2.39. The minimum absolute atomic E-state index is 0.00539. The van der Waals surface area contributed by atoms with Crippen molar-refractivity contribution in [2.24, 2.45) is 0 Å². The van der Waals surface area contributed by atoms with E-state index in [0.29, 0.717) is 11.4 Å². The number of nitrogens with zero attached hydrogens (tertiary/aromatic N) is 1. The third kappa shape index (κ3) is 3.14. The number of hydrogen-bond donors (Lipinski definition) is 1. The first-order valence-corrected chi connectivity index (χ1v) is 8.16. The summed E-state index contributed by atoms with van der Waals surface area (Å²) in [4.78, 5) is 0.00539. The van der Waals surface area contributed by atoms with Crippen molar-refractivity contribution in [1.29, 1.82) is 0 Å². The van der Waals surface area contributed by atoms with Crippen molar-refractivity contribution in [3.05, 3.63) is 52.5 Å². The van der Waals surface area contributed by atoms with Crippen molar-refractivity contribution in [3.8, 4) is 0 Å². The molecule has 0 unspecified atom stereocenters. The molecule has 0 atom stereocenters. The second kappa shape index (κ2) is 5.58. The highest BCUT2D eigenvalue weighted by Gasteiger charge is 2.24. The molecule has 0 aliphatic rings. The second-order valence-corrected chi connectivity index (χ2v) is 7.35. The molecule has 0 heterocycles. The number of benzene rings is 2. The molecule has 0 aromatic heterocycles. The van der Waals surface area contributed by atoms with Gasteiger partial charge in [0.05, 0.1) is 10.7 Å². The number of nitrogen functional groups attached to an aromatic ring is 1. The molecule has 2 N–H and O–H groups in total. The summed E-state index contributed by atoms with van der Waals surface area (Å²) in [5.74, 6) is 0. The molecule has 0 saturated heterocycles. The molecule has 0 fully saturated rings. The molecule has 0 radical (unpaired) electrons. The van der Waals surface area contributed by atoms with Gasteiger partial charge in [0.2, 0.25) is 0 Å². The lowest BCUT2D eigenvalue weighted by atomic mass is 10.1. The predicted molar refractivity (Wildman–Crippen MR) is 87.4 cm³/mol. The Bertz CT molecular complexity index is 768. The van der Waals surface area contributed by atoms with Gasteiger partial charge in [0, 0.05) is 12.7 Å². The number of anilines is 2. The number of rotatable bonds is 3. The summed E-state index contributed by atoms with van der Waals surface area (Å²) in [5, 5.41) is 0.153. The van der Waals surface area contributed by atoms with Crippen LogP contribution in [0.2, 0.25) is 5.02 Å². The monoisotopic (exact) mass is 324 g/mol. The molecule has 21 heavy (non-hydrogen) atoms. The first-order chi connectivity index (χ1) is 9.71. The molecular formula is C15H17ClN2O2S. The molecule has 2 aromatic rings. The molecule has 2 rings (SSSR count). The Balaban J connectivity index is 2.55. The molecule has 0 bridgehead atoms. The van der Waals surface area contributed by atoms with E-state index in [4.69, 9.17) is 17.3 Å². The lowest BCUT2D eigenvalue weighted by Crippen LogP contribution is -2.27. The van der Waals surface area contributed by atoms with Crippen LogP contribution in [-0.2, 0) is 10.0 Å². The van der Waals surface area contributed by atoms with E-state index in [2.05, 4.69) is 0 Å². The van der Waals surface area contributed by atoms with E-state index in [1.165, 1.54) is 23.5 Å². The summed E-state index contributed by atoms with van der Waals surface area (Å²) in [6.07, 6.45) is 0. The maximum absolute atomic E-state index is 12.7. The molecule has 0 saturated carbocycles. The highest BCUT2D eigenvalue weighted by molar-refractivity contribution is 7.93. The number of hydrogen-bond acceptors (Lipinski definition) is 3. The Hall–Kier alpha value is -1.72. The summed E-state index contributed by atoms with van der Waals surface area (Å²) >= 11 is 6.01. The summed E-state index contributed by atoms with van der Waals surface area (Å²) in [6, 6.07) is 10.0. The molecule has 0 amide bonds. The molecule has 4 nitrogen and oxygen atoms in total. The predicted octanol–water partition coefficient (Wildman–Crippen LogP) is 3.36. The Kier molecular flexibility index (Phi) is 4.16. The fourth-order valence-electron chi connectivity index (χ4n) is 2.14. The quantitative estimate of drug-likeness (QED) is 0.880. The summed E-state index contributed by atoms with van der Waals surface area (Å²) < 4.78 is 26.6. The van der Waals surface area contributed by atoms with Crippen LogP contribution in [0.3, 0.4) is 0 Å². The smallest absolute Gasteiger partial charge is 0.265 e. The molecule has 2 aromatic carbocycles. The second-order valence-electron chi connectivity index (χ2n) is 5.01. The zero-order chi connectivity index (χ0) is 15.8. The van der Waals surface area contributed by atoms with Gasteiger partial charge >= 0.3 is 0 Å². The van der Waals surface area contributed by atoms with E-state index in [1.807, 2.05) is 32.0 Å². The van der Waals surface area contributed by atoms with E-state index in [0.717, 1.165) is 11.1 Å². The van der Waals surface area contributed by atoms with Crippen molar-refractivity contribution in [2.45, 2.75) is 18.7 Å². The Labute approximate surface area is 130 Å². The summed E-state index contributed by atoms with van der Waals surface area (Å²) in [7, 11) is -2.25. The lowest BCUT2D eigenvalue weighted by molar-refractivity contribution is 0.594. The largest absolute Gasteiger partial charge is 0.399 e. The first-order valence-electron chi connectivity index (χ1n) is 6.34. The fraction of sp³-hybridized carbons (Fsp3) is 0.200. The van der Waals surface area contributed by atoms with Crippen molar-refractivity contribution in [1.82, 2.24) is 0 Å². The van der Waals surface area contributed by atoms with Crippen molar-refractivity contribution in [2.75, 3.05) is 17.1 Å². The number of aryl methyl sites for hydroxylation is 2. The maximum Gasteiger partial charge on any atom is 0.265 e. The third-order valence-electron chi connectivity index (χ3n) is 3.16. The van der Waals surface area contributed by atoms with Crippen LogP contribution in [0.5, 0.6) is 0 Å². The summed E-state index contributed by atoms with van der Waals surface area (Å²) in [6.45, 7) is 3.84. The van der Waals surface area contributed by atoms with E-state index in [9.17, 15) is 8.42 Å². The average molecular weight is 325 g/mol. The highest BCUT2D eigenvalue weighted by Crippen LogP contribution is 2.29. The zero-order valence-corrected chi connectivity index (χ0v) is 13.7. The third-order valence-corrected chi connectivity index (χ3v) is 5.43. The van der Waals surface area contributed by atoms with Crippen molar-refractivity contribution < 1.29 is 8.42 Å². The molecule has 0 spiro atoms. The van der Waals surface area contributed by atoms with E-state index in [1.54, 1.807) is 6.07 Å². The number of nitrogens with two attached hydrogens (primary N) is 1. The Morgan fingerprint density at radius 1 is 1.05 bits per heavy atom. The fourth-order valence-corrected chi connectivity index (χ4v) is 3.82. The molecular weight excluding hydrogens is 308 g/mol. The molecule has 112 valence electrons. The van der Waals surface area contributed by atoms with Crippen LogP contribution in [0, 0.1) is 13.8 Å². The van der Waals surface area contributed by atoms with Crippen LogP contribution in [-0.4, -0.2) is 15.5 Å². The Morgan fingerprint density at radius 3 is 2.19 bits per heavy atom. The standard InChI is InChI=1S/C15H17ClN2O2S/c1-10-6-11(2)8-13(7-10)18(3)21(19,20)15-9-12(17)4-5-14(15)16/h4-9H,17H2,1-3H3. The van der Waals surface area contributed by atoms with Gasteiger partial charge < -0.3 is 5.73 Å². The molecule has 0 aliphatic heterocycles. The minimum Gasteiger partial charge on any atom is -0.399 e. The number of sulfonamides is 1. The van der Waals surface area contributed by atoms with Gasteiger partial charge in [-0.15, -0.1) is 0 Å². The van der Waals surface area contributed by atoms with Crippen LogP contribution in [0.1, 0.15) is 11.1 Å². The van der Waals surface area contributed by atoms with Gasteiger partial charge in [-0.05, 0) is 55.3 Å². The van der Waals surface area contributed by atoms with E-state index < -0.39 is 10.0 Å². The number of halogens is 1. The van der Waals surface area contributed by atoms with E-state index in [-0.39, 0.29) is 9.92 Å². The van der Waals surface area contributed by atoms with Gasteiger partial charge in [-0.1, -0.05) is 17.7 Å². The van der Waals surface area contributed by atoms with E-state index >= 15 is 0 Å². The van der Waals surface area contributed by atoms with Gasteiger partial charge in [0.15, 0.2) is 0 Å². The topological polar surface area (TPSA) is 63.4 Å². The van der Waals surface area contributed by atoms with Gasteiger partial charge in [0.25, 0.3) is 10.0 Å². The van der Waals surface area contributed by atoms with Crippen LogP contribution in [0.4, 0.5) is 11.4 Å². The molecule has 0 aliphatic carbocycles. The first kappa shape index (κ1) is 15.7. The van der Waals surface area contributed by atoms with Crippen molar-refractivity contribution in [3.63, 3.8) is 0 Å².